The molecule has 122 valence electrons. The molecule has 0 bridgehead atoms. The van der Waals surface area contributed by atoms with Crippen molar-refractivity contribution in [3.63, 3.8) is 0 Å². The van der Waals surface area contributed by atoms with Crippen LogP contribution in [-0.2, 0) is 6.54 Å². The summed E-state index contributed by atoms with van der Waals surface area (Å²) in [5.41, 5.74) is -1.66. The van der Waals surface area contributed by atoms with Crippen molar-refractivity contribution < 1.29 is 18.7 Å². The predicted molar refractivity (Wildman–Crippen MR) is 84.0 cm³/mol. The van der Waals surface area contributed by atoms with E-state index in [2.05, 4.69) is 4.98 Å². The average Bonchev–Trinajstić information content (AvgIpc) is 2.56. The van der Waals surface area contributed by atoms with Crippen molar-refractivity contribution in [3.05, 3.63) is 64.2 Å². The molecule has 0 aliphatic rings. The van der Waals surface area contributed by atoms with Crippen LogP contribution in [0.4, 0.5) is 8.78 Å². The molecule has 0 aliphatic heterocycles. The molecule has 1 aromatic carbocycles. The van der Waals surface area contributed by atoms with Crippen LogP contribution in [0, 0.1) is 11.6 Å². The summed E-state index contributed by atoms with van der Waals surface area (Å²) in [6.07, 6.45) is 3.86. The van der Waals surface area contributed by atoms with Crippen LogP contribution in [0.2, 0.25) is 0 Å². The Morgan fingerprint density at radius 2 is 2.12 bits per heavy atom. The summed E-state index contributed by atoms with van der Waals surface area (Å²) in [4.78, 5) is 27.3. The first kappa shape index (κ1) is 15.8. The van der Waals surface area contributed by atoms with E-state index in [0.29, 0.717) is 0 Å². The van der Waals surface area contributed by atoms with Crippen molar-refractivity contribution in [2.24, 2.45) is 0 Å². The van der Waals surface area contributed by atoms with Gasteiger partial charge in [-0.15, -0.1) is 0 Å². The zero-order valence-corrected chi connectivity index (χ0v) is 12.6. The van der Waals surface area contributed by atoms with Gasteiger partial charge in [-0.1, -0.05) is 6.07 Å². The minimum atomic E-state index is -1.44. The Bertz CT molecular complexity index is 1010. The van der Waals surface area contributed by atoms with Crippen LogP contribution >= 0.6 is 0 Å². The number of aromatic nitrogens is 2. The highest BCUT2D eigenvalue weighted by atomic mass is 19.1. The van der Waals surface area contributed by atoms with Crippen molar-refractivity contribution in [2.45, 2.75) is 13.5 Å². The molecule has 3 rings (SSSR count). The number of nitrogens with zero attached hydrogens (tertiary/aromatic N) is 2. The van der Waals surface area contributed by atoms with Gasteiger partial charge in [-0.25, -0.2) is 13.6 Å². The van der Waals surface area contributed by atoms with Crippen LogP contribution in [0.15, 0.2) is 41.6 Å². The maximum absolute atomic E-state index is 15.0. The largest absolute Gasteiger partial charge is 0.477 e. The van der Waals surface area contributed by atoms with Gasteiger partial charge >= 0.3 is 5.97 Å². The molecule has 0 unspecified atom stereocenters. The van der Waals surface area contributed by atoms with Gasteiger partial charge in [0, 0.05) is 30.7 Å². The SMILES string of the molecule is CCn1cc(C(=O)O)c(=O)c2cc(F)c(-c3cccnc3)c(F)c21. The summed E-state index contributed by atoms with van der Waals surface area (Å²) >= 11 is 0. The number of benzene rings is 1. The van der Waals surface area contributed by atoms with Gasteiger partial charge < -0.3 is 9.67 Å². The topological polar surface area (TPSA) is 72.2 Å². The third-order valence-corrected chi connectivity index (χ3v) is 3.78. The summed E-state index contributed by atoms with van der Waals surface area (Å²) in [5.74, 6) is -3.31. The summed E-state index contributed by atoms with van der Waals surface area (Å²) in [7, 11) is 0. The van der Waals surface area contributed by atoms with Crippen LogP contribution in [0.5, 0.6) is 0 Å². The Hall–Kier alpha value is -3.09. The van der Waals surface area contributed by atoms with Crippen LogP contribution in [0.1, 0.15) is 17.3 Å². The normalized spacial score (nSPS) is 11.0. The quantitative estimate of drug-likeness (QED) is 0.801. The van der Waals surface area contributed by atoms with Crippen LogP contribution < -0.4 is 5.43 Å². The highest BCUT2D eigenvalue weighted by Gasteiger charge is 2.22. The van der Waals surface area contributed by atoms with Gasteiger partial charge in [-0.05, 0) is 19.1 Å². The lowest BCUT2D eigenvalue weighted by Gasteiger charge is -2.14. The lowest BCUT2D eigenvalue weighted by Crippen LogP contribution is -2.20. The average molecular weight is 330 g/mol. The van der Waals surface area contributed by atoms with E-state index in [1.54, 1.807) is 13.0 Å². The van der Waals surface area contributed by atoms with E-state index in [0.717, 1.165) is 12.3 Å². The number of hydrogen-bond acceptors (Lipinski definition) is 3. The Kier molecular flexibility index (Phi) is 3.84. The van der Waals surface area contributed by atoms with Crippen molar-refractivity contribution >= 4 is 16.9 Å². The number of hydrogen-bond donors (Lipinski definition) is 1. The second kappa shape index (κ2) is 5.84. The Balaban J connectivity index is 2.48. The number of halogens is 2. The van der Waals surface area contributed by atoms with E-state index < -0.39 is 28.6 Å². The molecule has 0 radical (unpaired) electrons. The summed E-state index contributed by atoms with van der Waals surface area (Å²) in [5, 5.41) is 8.80. The number of carboxylic acids is 1. The fraction of sp³-hybridized carbons (Fsp3) is 0.118. The number of carbonyl (C=O) groups is 1. The molecule has 0 atom stereocenters. The van der Waals surface area contributed by atoms with E-state index in [9.17, 15) is 14.0 Å². The lowest BCUT2D eigenvalue weighted by molar-refractivity contribution is 0.0695. The minimum Gasteiger partial charge on any atom is -0.477 e. The Morgan fingerprint density at radius 1 is 1.38 bits per heavy atom. The van der Waals surface area contributed by atoms with Crippen molar-refractivity contribution in [2.75, 3.05) is 0 Å². The zero-order valence-electron chi connectivity index (χ0n) is 12.6. The number of fused-ring (bicyclic) bond motifs is 1. The molecule has 3 aromatic rings. The van der Waals surface area contributed by atoms with Gasteiger partial charge in [-0.2, -0.15) is 0 Å². The first-order valence-electron chi connectivity index (χ1n) is 7.14. The molecule has 24 heavy (non-hydrogen) atoms. The number of rotatable bonds is 3. The molecule has 0 saturated carbocycles. The highest BCUT2D eigenvalue weighted by molar-refractivity contribution is 5.94. The molecule has 7 heteroatoms. The monoisotopic (exact) mass is 330 g/mol. The molecule has 5 nitrogen and oxygen atoms in total. The highest BCUT2D eigenvalue weighted by Crippen LogP contribution is 2.30. The number of aromatic carboxylic acids is 1. The van der Waals surface area contributed by atoms with Gasteiger partial charge in [0.15, 0.2) is 5.82 Å². The fourth-order valence-corrected chi connectivity index (χ4v) is 2.66. The van der Waals surface area contributed by atoms with Crippen LogP contribution in [0.3, 0.4) is 0 Å². The lowest BCUT2D eigenvalue weighted by atomic mass is 10.0. The van der Waals surface area contributed by atoms with Crippen molar-refractivity contribution in [1.82, 2.24) is 9.55 Å². The van der Waals surface area contributed by atoms with Crippen LogP contribution in [0.25, 0.3) is 22.0 Å². The van der Waals surface area contributed by atoms with Gasteiger partial charge in [0.2, 0.25) is 5.43 Å². The molecule has 0 amide bonds. The summed E-state index contributed by atoms with van der Waals surface area (Å²) in [6, 6.07) is 3.92. The van der Waals surface area contributed by atoms with Gasteiger partial charge in [-0.3, -0.25) is 9.78 Å². The van der Waals surface area contributed by atoms with Gasteiger partial charge in [0.25, 0.3) is 0 Å². The molecule has 0 saturated heterocycles. The molecular weight excluding hydrogens is 318 g/mol. The predicted octanol–water partition coefficient (Wildman–Crippen LogP) is 3.06. The number of aryl methyl sites for hydroxylation is 1. The maximum Gasteiger partial charge on any atom is 0.341 e. The van der Waals surface area contributed by atoms with E-state index >= 15 is 4.39 Å². The molecule has 2 aromatic heterocycles. The number of pyridine rings is 2. The fourth-order valence-electron chi connectivity index (χ4n) is 2.66. The molecular formula is C17H12F2N2O3. The maximum atomic E-state index is 15.0. The van der Waals surface area contributed by atoms with Crippen molar-refractivity contribution in [3.8, 4) is 11.1 Å². The molecule has 0 spiro atoms. The van der Waals surface area contributed by atoms with E-state index in [1.807, 2.05) is 0 Å². The Morgan fingerprint density at radius 3 is 2.71 bits per heavy atom. The van der Waals surface area contributed by atoms with Gasteiger partial charge in [0.1, 0.15) is 11.4 Å². The zero-order chi connectivity index (χ0) is 17.4. The second-order valence-corrected chi connectivity index (χ2v) is 5.15. The first-order chi connectivity index (χ1) is 11.5. The summed E-state index contributed by atoms with van der Waals surface area (Å²) < 4.78 is 30.7. The standard InChI is InChI=1S/C17H12F2N2O3/c1-2-21-8-11(17(23)24)16(22)10-6-12(18)13(14(19)15(10)21)9-4-3-5-20-7-9/h3-8H,2H2,1H3,(H,23,24). The van der Waals surface area contributed by atoms with E-state index in [-0.39, 0.29) is 28.6 Å². The van der Waals surface area contributed by atoms with Crippen molar-refractivity contribution in [1.29, 1.82) is 0 Å². The van der Waals surface area contributed by atoms with Crippen LogP contribution in [-0.4, -0.2) is 20.6 Å². The molecule has 0 fully saturated rings. The van der Waals surface area contributed by atoms with E-state index in [4.69, 9.17) is 5.11 Å². The second-order valence-electron chi connectivity index (χ2n) is 5.15. The van der Waals surface area contributed by atoms with Gasteiger partial charge in [0.05, 0.1) is 16.5 Å². The summed E-state index contributed by atoms with van der Waals surface area (Å²) in [6.45, 7) is 1.88. The molecule has 2 heterocycles. The molecule has 1 N–H and O–H groups in total. The third kappa shape index (κ3) is 2.34. The first-order valence-corrected chi connectivity index (χ1v) is 7.14. The van der Waals surface area contributed by atoms with E-state index in [1.165, 1.54) is 23.0 Å². The third-order valence-electron chi connectivity index (χ3n) is 3.78. The smallest absolute Gasteiger partial charge is 0.341 e. The minimum absolute atomic E-state index is 0.132. The number of carboxylic acid groups (broad SMARTS) is 1. The Labute approximate surface area is 134 Å². The molecule has 0 aliphatic carbocycles.